The summed E-state index contributed by atoms with van der Waals surface area (Å²) < 4.78 is 38.9. The van der Waals surface area contributed by atoms with Gasteiger partial charge in [0.25, 0.3) is 5.91 Å². The fourth-order valence-corrected chi connectivity index (χ4v) is 4.14. The van der Waals surface area contributed by atoms with Crippen LogP contribution in [0.25, 0.3) is 10.9 Å². The number of hydrogen-bond acceptors (Lipinski definition) is 7. The molecule has 2 N–H and O–H groups in total. The second kappa shape index (κ2) is 9.14. The van der Waals surface area contributed by atoms with E-state index in [-0.39, 0.29) is 24.1 Å². The Morgan fingerprint density at radius 2 is 1.86 bits per heavy atom. The summed E-state index contributed by atoms with van der Waals surface area (Å²) in [6, 6.07) is 10.3. The maximum atomic E-state index is 13.9. The van der Waals surface area contributed by atoms with Gasteiger partial charge in [-0.05, 0) is 73.7 Å². The monoisotopic (exact) mass is 493 g/mol. The number of benzene rings is 1. The molecular formula is C25H22F3N7O. The molecular weight excluding hydrogens is 471 g/mol. The largest absolute Gasteiger partial charge is 0.435 e. The number of nitrogens with zero attached hydrogens (tertiary/aromatic N) is 6. The summed E-state index contributed by atoms with van der Waals surface area (Å²) in [5.41, 5.74) is 6.89. The van der Waals surface area contributed by atoms with Gasteiger partial charge in [-0.15, -0.1) is 5.10 Å². The molecule has 1 unspecified atom stereocenters. The number of hydrogen-bond donors (Lipinski definition) is 1. The Labute approximate surface area is 204 Å². The van der Waals surface area contributed by atoms with E-state index >= 15 is 0 Å². The molecule has 1 aliphatic rings. The fraction of sp³-hybridized carbons (Fsp3) is 0.280. The molecule has 184 valence electrons. The number of amides is 1. The van der Waals surface area contributed by atoms with Gasteiger partial charge in [0.1, 0.15) is 5.82 Å². The van der Waals surface area contributed by atoms with E-state index in [1.165, 1.54) is 6.07 Å². The molecule has 1 atom stereocenters. The lowest BCUT2D eigenvalue weighted by Gasteiger charge is -2.31. The van der Waals surface area contributed by atoms with Crippen molar-refractivity contribution in [3.63, 3.8) is 0 Å². The Morgan fingerprint density at radius 1 is 1.11 bits per heavy atom. The highest BCUT2D eigenvalue weighted by Gasteiger charge is 2.41. The molecule has 3 heterocycles. The number of aromatic nitrogens is 5. The van der Waals surface area contributed by atoms with E-state index in [9.17, 15) is 18.0 Å². The first kappa shape index (κ1) is 23.6. The first-order valence-corrected chi connectivity index (χ1v) is 11.4. The van der Waals surface area contributed by atoms with Crippen molar-refractivity contribution < 1.29 is 18.0 Å². The number of nitrogens with two attached hydrogens (primary N) is 1. The molecule has 3 aromatic heterocycles. The van der Waals surface area contributed by atoms with E-state index in [2.05, 4.69) is 25.1 Å². The number of carbonyl (C=O) groups excluding carboxylic acids is 1. The number of halogens is 3. The number of rotatable bonds is 6. The van der Waals surface area contributed by atoms with Crippen LogP contribution in [-0.2, 0) is 12.7 Å². The number of carbonyl (C=O) groups is 1. The molecule has 0 bridgehead atoms. The van der Waals surface area contributed by atoms with Gasteiger partial charge >= 0.3 is 6.18 Å². The average Bonchev–Trinajstić information content (AvgIpc) is 3.69. The molecule has 0 saturated heterocycles. The average molecular weight is 493 g/mol. The van der Waals surface area contributed by atoms with Crippen molar-refractivity contribution in [2.45, 2.75) is 38.5 Å². The number of pyridine rings is 1. The predicted molar refractivity (Wildman–Crippen MR) is 125 cm³/mol. The maximum Gasteiger partial charge on any atom is 0.435 e. The molecule has 1 fully saturated rings. The third kappa shape index (κ3) is 4.81. The van der Waals surface area contributed by atoms with Crippen LogP contribution >= 0.6 is 0 Å². The van der Waals surface area contributed by atoms with Crippen LogP contribution in [0.4, 0.5) is 19.0 Å². The number of anilines is 1. The summed E-state index contributed by atoms with van der Waals surface area (Å²) in [5.74, 6) is 0.693. The second-order valence-corrected chi connectivity index (χ2v) is 8.83. The van der Waals surface area contributed by atoms with Gasteiger partial charge in [-0.25, -0.2) is 15.0 Å². The number of nitrogen functional groups attached to an aromatic ring is 1. The lowest BCUT2D eigenvalue weighted by Crippen LogP contribution is -2.37. The zero-order chi connectivity index (χ0) is 25.4. The van der Waals surface area contributed by atoms with Gasteiger partial charge < -0.3 is 10.6 Å². The standard InChI is InChI=1S/C25H22F3N7O/c1-14-11-17-12-16(5-7-19(17)32-22(14)29)24(36)35(13-18-6-8-20(34-33-18)25(26,27)28)21(15-3-4-15)23-30-9-2-10-31-23/h2,5-12,15,21H,3-4,13H2,1H3,(H2,29,32). The highest BCUT2D eigenvalue weighted by atomic mass is 19.4. The molecule has 0 spiro atoms. The molecule has 0 radical (unpaired) electrons. The maximum absolute atomic E-state index is 13.9. The molecule has 1 aliphatic carbocycles. The Kier molecular flexibility index (Phi) is 5.99. The van der Waals surface area contributed by atoms with Gasteiger partial charge in [0.2, 0.25) is 0 Å². The minimum absolute atomic E-state index is 0.0551. The van der Waals surface area contributed by atoms with E-state index in [1.54, 1.807) is 41.6 Å². The van der Waals surface area contributed by atoms with Crippen molar-refractivity contribution in [3.8, 4) is 0 Å². The van der Waals surface area contributed by atoms with Crippen LogP contribution in [0.5, 0.6) is 0 Å². The van der Waals surface area contributed by atoms with Gasteiger partial charge in [-0.1, -0.05) is 0 Å². The zero-order valence-electron chi connectivity index (χ0n) is 19.3. The van der Waals surface area contributed by atoms with E-state index in [1.807, 2.05) is 13.0 Å². The third-order valence-electron chi connectivity index (χ3n) is 6.15. The molecule has 4 aromatic rings. The fourth-order valence-electron chi connectivity index (χ4n) is 4.14. The minimum Gasteiger partial charge on any atom is -0.383 e. The lowest BCUT2D eigenvalue weighted by atomic mass is 10.0. The molecule has 1 aromatic carbocycles. The van der Waals surface area contributed by atoms with Gasteiger partial charge in [0, 0.05) is 23.3 Å². The van der Waals surface area contributed by atoms with Crippen LogP contribution in [0.2, 0.25) is 0 Å². The summed E-state index contributed by atoms with van der Waals surface area (Å²) in [6.07, 6.45) is 0.369. The van der Waals surface area contributed by atoms with Crippen molar-refractivity contribution in [2.24, 2.45) is 5.92 Å². The van der Waals surface area contributed by atoms with Crippen molar-refractivity contribution in [3.05, 3.63) is 83.2 Å². The van der Waals surface area contributed by atoms with E-state index in [0.717, 1.165) is 29.9 Å². The summed E-state index contributed by atoms with van der Waals surface area (Å²) >= 11 is 0. The molecule has 36 heavy (non-hydrogen) atoms. The first-order valence-electron chi connectivity index (χ1n) is 11.4. The molecule has 1 saturated carbocycles. The zero-order valence-corrected chi connectivity index (χ0v) is 19.3. The molecule has 11 heteroatoms. The highest BCUT2D eigenvalue weighted by Crippen LogP contribution is 2.44. The van der Waals surface area contributed by atoms with E-state index < -0.39 is 17.9 Å². The highest BCUT2D eigenvalue weighted by molar-refractivity contribution is 5.98. The van der Waals surface area contributed by atoms with Crippen LogP contribution in [0.15, 0.2) is 54.9 Å². The van der Waals surface area contributed by atoms with Crippen molar-refractivity contribution >= 4 is 22.6 Å². The predicted octanol–water partition coefficient (Wildman–Crippen LogP) is 4.52. The van der Waals surface area contributed by atoms with Crippen LogP contribution in [0.1, 0.15) is 52.0 Å². The Hall–Kier alpha value is -4.15. The van der Waals surface area contributed by atoms with Crippen molar-refractivity contribution in [1.29, 1.82) is 0 Å². The van der Waals surface area contributed by atoms with Crippen LogP contribution < -0.4 is 5.73 Å². The van der Waals surface area contributed by atoms with Crippen molar-refractivity contribution in [1.82, 2.24) is 30.0 Å². The molecule has 1 amide bonds. The van der Waals surface area contributed by atoms with Gasteiger partial charge in [0.15, 0.2) is 11.5 Å². The van der Waals surface area contributed by atoms with E-state index in [4.69, 9.17) is 5.73 Å². The molecule has 8 nitrogen and oxygen atoms in total. The Balaban J connectivity index is 1.55. The first-order chi connectivity index (χ1) is 17.2. The van der Waals surface area contributed by atoms with E-state index in [0.29, 0.717) is 22.7 Å². The van der Waals surface area contributed by atoms with Gasteiger partial charge in [0.05, 0.1) is 23.8 Å². The number of fused-ring (bicyclic) bond motifs is 1. The molecule has 0 aliphatic heterocycles. The SMILES string of the molecule is Cc1cc2cc(C(=O)N(Cc3ccc(C(F)(F)F)nn3)C(c3ncccn3)C3CC3)ccc2nc1N. The normalized spacial score (nSPS) is 14.6. The van der Waals surface area contributed by atoms with Gasteiger partial charge in [-0.2, -0.15) is 18.3 Å². The topological polar surface area (TPSA) is 111 Å². The third-order valence-corrected chi connectivity index (χ3v) is 6.15. The summed E-state index contributed by atoms with van der Waals surface area (Å²) in [5, 5.41) is 7.83. The van der Waals surface area contributed by atoms with Gasteiger partial charge in [-0.3, -0.25) is 4.79 Å². The summed E-state index contributed by atoms with van der Waals surface area (Å²) in [4.78, 5) is 28.6. The second-order valence-electron chi connectivity index (χ2n) is 8.83. The Morgan fingerprint density at radius 3 is 2.50 bits per heavy atom. The minimum atomic E-state index is -4.60. The Bertz CT molecular complexity index is 1410. The lowest BCUT2D eigenvalue weighted by molar-refractivity contribution is -0.141. The quantitative estimate of drug-likeness (QED) is 0.420. The molecule has 5 rings (SSSR count). The van der Waals surface area contributed by atoms with Crippen molar-refractivity contribution in [2.75, 3.05) is 5.73 Å². The van der Waals surface area contributed by atoms with Crippen LogP contribution in [-0.4, -0.2) is 36.0 Å². The van der Waals surface area contributed by atoms with Crippen LogP contribution in [0.3, 0.4) is 0 Å². The number of alkyl halides is 3. The summed E-state index contributed by atoms with van der Waals surface area (Å²) in [7, 11) is 0. The smallest absolute Gasteiger partial charge is 0.383 e. The van der Waals surface area contributed by atoms with Crippen LogP contribution in [0, 0.1) is 12.8 Å². The number of aryl methyl sites for hydroxylation is 1. The summed E-state index contributed by atoms with van der Waals surface area (Å²) in [6.45, 7) is 1.78.